The lowest BCUT2D eigenvalue weighted by atomic mass is 10.0. The van der Waals surface area contributed by atoms with Gasteiger partial charge in [-0.15, -0.1) is 0 Å². The van der Waals surface area contributed by atoms with Gasteiger partial charge in [-0.3, -0.25) is 14.9 Å². The molecule has 4 aromatic carbocycles. The molecule has 9 nitrogen and oxygen atoms in total. The van der Waals surface area contributed by atoms with E-state index < -0.39 is 14.8 Å². The number of nitrogens with zero attached hydrogens (tertiary/aromatic N) is 3. The summed E-state index contributed by atoms with van der Waals surface area (Å²) in [7, 11) is -3.57. The number of sulfonamides is 1. The number of amidine groups is 1. The van der Waals surface area contributed by atoms with Crippen LogP contribution in [0.5, 0.6) is 0 Å². The molecule has 2 aromatic heterocycles. The maximum absolute atomic E-state index is 14.1. The van der Waals surface area contributed by atoms with E-state index in [2.05, 4.69) is 30.7 Å². The number of imidazole rings is 1. The van der Waals surface area contributed by atoms with Gasteiger partial charge in [-0.2, -0.15) is 0 Å². The van der Waals surface area contributed by atoms with Crippen LogP contribution in [0.25, 0.3) is 32.9 Å². The van der Waals surface area contributed by atoms with Gasteiger partial charge < -0.3 is 14.9 Å². The third-order valence-electron chi connectivity index (χ3n) is 8.51. The van der Waals surface area contributed by atoms with Crippen molar-refractivity contribution in [2.75, 3.05) is 4.72 Å². The minimum absolute atomic E-state index is 0.0215. The third kappa shape index (κ3) is 6.48. The topological polar surface area (TPSA) is 136 Å². The smallest absolute Gasteiger partial charge is 0.277 e. The minimum atomic E-state index is -3.57. The van der Waals surface area contributed by atoms with Gasteiger partial charge in [0, 0.05) is 29.9 Å². The lowest BCUT2D eigenvalue weighted by Gasteiger charge is -2.20. The van der Waals surface area contributed by atoms with Gasteiger partial charge in [0.05, 0.1) is 16.8 Å². The number of nitrogens with two attached hydrogens (primary N) is 1. The van der Waals surface area contributed by atoms with Crippen molar-refractivity contribution in [1.29, 1.82) is 5.41 Å². The van der Waals surface area contributed by atoms with Crippen molar-refractivity contribution in [1.82, 2.24) is 14.1 Å². The average Bonchev–Trinajstić information content (AvgIpc) is 3.40. The second-order valence-corrected chi connectivity index (χ2v) is 15.9. The Labute approximate surface area is 280 Å². The van der Waals surface area contributed by atoms with Crippen molar-refractivity contribution in [2.24, 2.45) is 5.73 Å². The minimum Gasteiger partial charge on any atom is -0.384 e. The monoisotopic (exact) mass is 660 g/mol. The maximum Gasteiger partial charge on any atom is 0.277 e. The Kier molecular flexibility index (Phi) is 8.47. The van der Waals surface area contributed by atoms with Crippen molar-refractivity contribution in [3.05, 3.63) is 130 Å². The highest BCUT2D eigenvalue weighted by molar-refractivity contribution is 7.94. The van der Waals surface area contributed by atoms with Gasteiger partial charge in [0.1, 0.15) is 17.2 Å². The van der Waals surface area contributed by atoms with Crippen molar-refractivity contribution in [3.63, 3.8) is 0 Å². The lowest BCUT2D eigenvalue weighted by Crippen LogP contribution is -2.33. The Morgan fingerprint density at radius 1 is 0.875 bits per heavy atom. The van der Waals surface area contributed by atoms with Gasteiger partial charge >= 0.3 is 0 Å². The molecule has 0 saturated carbocycles. The summed E-state index contributed by atoms with van der Waals surface area (Å²) < 4.78 is 31.0. The van der Waals surface area contributed by atoms with E-state index in [0.717, 1.165) is 38.9 Å². The molecular formula is C38H40N6O3S. The van der Waals surface area contributed by atoms with Gasteiger partial charge in [-0.1, -0.05) is 68.4 Å². The van der Waals surface area contributed by atoms with E-state index in [0.29, 0.717) is 35.4 Å². The molecule has 6 aromatic rings. The van der Waals surface area contributed by atoms with Crippen LogP contribution < -0.4 is 16.0 Å². The van der Waals surface area contributed by atoms with Crippen LogP contribution >= 0.6 is 0 Å². The molecule has 0 amide bonds. The quantitative estimate of drug-likeness (QED) is 0.113. The molecule has 246 valence electrons. The average molecular weight is 661 g/mol. The second kappa shape index (κ2) is 12.4. The summed E-state index contributed by atoms with van der Waals surface area (Å²) >= 11 is 0. The Hall–Kier alpha value is -5.22. The van der Waals surface area contributed by atoms with Crippen LogP contribution in [0.1, 0.15) is 63.1 Å². The van der Waals surface area contributed by atoms with Crippen LogP contribution in [0.2, 0.25) is 0 Å². The van der Waals surface area contributed by atoms with E-state index in [1.54, 1.807) is 37.6 Å². The van der Waals surface area contributed by atoms with E-state index >= 15 is 0 Å². The predicted octanol–water partition coefficient (Wildman–Crippen LogP) is 7.06. The number of anilines is 1. The summed E-state index contributed by atoms with van der Waals surface area (Å²) in [5.41, 5.74) is 11.7. The Balaban J connectivity index is 1.33. The largest absolute Gasteiger partial charge is 0.384 e. The highest BCUT2D eigenvalue weighted by atomic mass is 32.2. The number of rotatable bonds is 9. The molecule has 0 aliphatic rings. The highest BCUT2D eigenvalue weighted by Crippen LogP contribution is 2.27. The highest BCUT2D eigenvalue weighted by Gasteiger charge is 2.29. The van der Waals surface area contributed by atoms with Crippen molar-refractivity contribution in [2.45, 2.75) is 58.4 Å². The second-order valence-electron chi connectivity index (χ2n) is 13.5. The Morgan fingerprint density at radius 2 is 1.56 bits per heavy atom. The molecule has 48 heavy (non-hydrogen) atoms. The van der Waals surface area contributed by atoms with Crippen LogP contribution in [0, 0.1) is 5.41 Å². The summed E-state index contributed by atoms with van der Waals surface area (Å²) in [5.74, 6) is 0.949. The molecule has 2 heterocycles. The standard InChI is InChI=1S/C38H40N6O3S/c1-24(2)36-41-33-16-17-43(37(45)34(33)44(36)23-26-12-13-27-14-15-30(35(39)40)20-31(27)19-26)22-25-8-6-9-28(18-25)29-10-7-11-32(21-29)42-48(46,47)38(3,4)5/h6-21,24,42H,22-23H2,1-5H3,(H3,39,40). The summed E-state index contributed by atoms with van der Waals surface area (Å²) in [6, 6.07) is 29.0. The van der Waals surface area contributed by atoms with Crippen LogP contribution in [0.3, 0.4) is 0 Å². The first kappa shape index (κ1) is 32.7. The molecular weight excluding hydrogens is 621 g/mol. The van der Waals surface area contributed by atoms with E-state index in [9.17, 15) is 13.2 Å². The van der Waals surface area contributed by atoms with Crippen molar-refractivity contribution in [3.8, 4) is 11.1 Å². The summed E-state index contributed by atoms with van der Waals surface area (Å²) in [4.78, 5) is 19.0. The lowest BCUT2D eigenvalue weighted by molar-refractivity contribution is 0.566. The zero-order valence-corrected chi connectivity index (χ0v) is 28.6. The van der Waals surface area contributed by atoms with Crippen LogP contribution in [-0.4, -0.2) is 33.1 Å². The first-order chi connectivity index (χ1) is 22.7. The molecule has 6 rings (SSSR count). The number of hydrogen-bond acceptors (Lipinski definition) is 5. The van der Waals surface area contributed by atoms with Gasteiger partial charge in [0.15, 0.2) is 0 Å². The molecule has 0 spiro atoms. The fourth-order valence-electron chi connectivity index (χ4n) is 5.78. The Morgan fingerprint density at radius 3 is 2.27 bits per heavy atom. The van der Waals surface area contributed by atoms with Crippen LogP contribution in [-0.2, 0) is 23.1 Å². The summed E-state index contributed by atoms with van der Waals surface area (Å²) in [5, 5.41) is 9.85. The van der Waals surface area contributed by atoms with E-state index in [-0.39, 0.29) is 17.3 Å². The fraction of sp³-hybridized carbons (Fsp3) is 0.237. The van der Waals surface area contributed by atoms with Gasteiger partial charge in [0.25, 0.3) is 5.56 Å². The van der Waals surface area contributed by atoms with E-state index in [4.69, 9.17) is 16.1 Å². The number of hydrogen-bond donors (Lipinski definition) is 3. The summed E-state index contributed by atoms with van der Waals surface area (Å²) in [6.07, 6.45) is 1.79. The number of aromatic nitrogens is 3. The summed E-state index contributed by atoms with van der Waals surface area (Å²) in [6.45, 7) is 9.95. The molecule has 0 saturated heterocycles. The van der Waals surface area contributed by atoms with Gasteiger partial charge in [-0.05, 0) is 90.2 Å². The first-order valence-electron chi connectivity index (χ1n) is 15.9. The number of benzene rings is 4. The van der Waals surface area contributed by atoms with Gasteiger partial charge in [0.2, 0.25) is 10.0 Å². The number of nitrogen functional groups attached to an aromatic ring is 1. The number of fused-ring (bicyclic) bond motifs is 2. The van der Waals surface area contributed by atoms with Crippen molar-refractivity contribution < 1.29 is 8.42 Å². The fourth-order valence-corrected chi connectivity index (χ4v) is 6.52. The Bertz CT molecular complexity index is 2360. The SMILES string of the molecule is CC(C)c1nc2ccn(Cc3cccc(-c4cccc(NS(=O)(=O)C(C)(C)C)c4)c3)c(=O)c2n1Cc1ccc2ccc(C(=N)N)cc2c1. The molecule has 0 atom stereocenters. The molecule has 0 aliphatic carbocycles. The maximum atomic E-state index is 14.1. The zero-order valence-electron chi connectivity index (χ0n) is 27.8. The molecule has 0 unspecified atom stereocenters. The van der Waals surface area contributed by atoms with E-state index in [1.807, 2.05) is 77.4 Å². The molecule has 0 radical (unpaired) electrons. The number of nitrogens with one attached hydrogen (secondary N) is 2. The third-order valence-corrected chi connectivity index (χ3v) is 10.6. The van der Waals surface area contributed by atoms with Crippen molar-refractivity contribution >= 4 is 43.4 Å². The van der Waals surface area contributed by atoms with Crippen LogP contribution in [0.4, 0.5) is 5.69 Å². The molecule has 10 heteroatoms. The normalized spacial score (nSPS) is 12.2. The van der Waals surface area contributed by atoms with Gasteiger partial charge in [-0.25, -0.2) is 13.4 Å². The molecule has 4 N–H and O–H groups in total. The zero-order chi connectivity index (χ0) is 34.4. The first-order valence-corrected chi connectivity index (χ1v) is 17.4. The van der Waals surface area contributed by atoms with E-state index in [1.165, 1.54) is 0 Å². The number of pyridine rings is 1. The molecule has 0 fully saturated rings. The molecule has 0 aliphatic heterocycles. The van der Waals surface area contributed by atoms with Crippen LogP contribution in [0.15, 0.2) is 102 Å². The molecule has 0 bridgehead atoms. The predicted molar refractivity (Wildman–Crippen MR) is 195 cm³/mol.